The fraction of sp³-hybridized carbons (Fsp3) is 0.364. The van der Waals surface area contributed by atoms with Crippen LogP contribution in [-0.4, -0.2) is 29.2 Å². The maximum atomic E-state index is 8.56. The summed E-state index contributed by atoms with van der Waals surface area (Å²) in [6.45, 7) is 0.516. The molecule has 2 rings (SSSR count). The molecule has 0 aliphatic heterocycles. The van der Waals surface area contributed by atoms with E-state index in [1.165, 1.54) is 0 Å². The minimum atomic E-state index is 0.396. The average molecular weight is 232 g/mol. The number of nitriles is 1. The number of hydrogen-bond acceptors (Lipinski definition) is 5. The topological polar surface area (TPSA) is 73.0 Å². The molecular formula is C11H12N4O2. The predicted octanol–water partition coefficient (Wildman–Crippen LogP) is 1.36. The van der Waals surface area contributed by atoms with Crippen molar-refractivity contribution in [1.29, 1.82) is 5.26 Å². The Balaban J connectivity index is 2.50. The SMILES string of the molecule is COc1cc2nnn(CCC#N)c2cc1OC. The molecule has 0 saturated carbocycles. The van der Waals surface area contributed by atoms with E-state index < -0.39 is 0 Å². The Morgan fingerprint density at radius 3 is 2.65 bits per heavy atom. The summed E-state index contributed by atoms with van der Waals surface area (Å²) in [4.78, 5) is 0. The van der Waals surface area contributed by atoms with E-state index in [1.807, 2.05) is 6.07 Å². The predicted molar refractivity (Wildman–Crippen MR) is 60.9 cm³/mol. The van der Waals surface area contributed by atoms with Crippen LogP contribution >= 0.6 is 0 Å². The van der Waals surface area contributed by atoms with Crippen molar-refractivity contribution >= 4 is 11.0 Å². The number of aryl methyl sites for hydroxylation is 1. The Morgan fingerprint density at radius 1 is 1.29 bits per heavy atom. The summed E-state index contributed by atoms with van der Waals surface area (Å²) in [5.41, 5.74) is 1.55. The summed E-state index contributed by atoms with van der Waals surface area (Å²) < 4.78 is 12.1. The van der Waals surface area contributed by atoms with Crippen molar-refractivity contribution in [3.05, 3.63) is 12.1 Å². The summed E-state index contributed by atoms with van der Waals surface area (Å²) in [6, 6.07) is 5.66. The standard InChI is InChI=1S/C11H12N4O2/c1-16-10-6-8-9(7-11(10)17-2)15(14-13-8)5-3-4-12/h6-7H,3,5H2,1-2H3. The summed E-state index contributed by atoms with van der Waals surface area (Å²) in [7, 11) is 3.15. The molecule has 0 N–H and O–H groups in total. The minimum absolute atomic E-state index is 0.396. The minimum Gasteiger partial charge on any atom is -0.493 e. The second kappa shape index (κ2) is 4.70. The highest BCUT2D eigenvalue weighted by Gasteiger charge is 2.11. The molecule has 0 unspecified atom stereocenters. The molecule has 2 aromatic rings. The van der Waals surface area contributed by atoms with Crippen LogP contribution in [0.15, 0.2) is 12.1 Å². The Labute approximate surface area is 98.4 Å². The molecule has 0 fully saturated rings. The van der Waals surface area contributed by atoms with Gasteiger partial charge < -0.3 is 9.47 Å². The molecule has 0 radical (unpaired) electrons. The van der Waals surface area contributed by atoms with Crippen LogP contribution in [-0.2, 0) is 6.54 Å². The highest BCUT2D eigenvalue weighted by Crippen LogP contribution is 2.30. The molecule has 6 heteroatoms. The van der Waals surface area contributed by atoms with Gasteiger partial charge in [0.2, 0.25) is 0 Å². The maximum absolute atomic E-state index is 8.56. The van der Waals surface area contributed by atoms with Crippen molar-refractivity contribution in [2.24, 2.45) is 0 Å². The van der Waals surface area contributed by atoms with E-state index in [9.17, 15) is 0 Å². The summed E-state index contributed by atoms with van der Waals surface area (Å²) in [5.74, 6) is 1.24. The van der Waals surface area contributed by atoms with Gasteiger partial charge in [-0.25, -0.2) is 4.68 Å². The third kappa shape index (κ3) is 1.99. The van der Waals surface area contributed by atoms with Gasteiger partial charge in [0, 0.05) is 12.1 Å². The molecule has 17 heavy (non-hydrogen) atoms. The van der Waals surface area contributed by atoms with Crippen LogP contribution in [0.2, 0.25) is 0 Å². The van der Waals surface area contributed by atoms with Crippen LogP contribution in [0.3, 0.4) is 0 Å². The van der Waals surface area contributed by atoms with Crippen LogP contribution in [0.1, 0.15) is 6.42 Å². The zero-order valence-corrected chi connectivity index (χ0v) is 9.67. The van der Waals surface area contributed by atoms with Gasteiger partial charge in [-0.05, 0) is 0 Å². The zero-order chi connectivity index (χ0) is 12.3. The van der Waals surface area contributed by atoms with E-state index in [4.69, 9.17) is 14.7 Å². The van der Waals surface area contributed by atoms with Crippen LogP contribution in [0.5, 0.6) is 11.5 Å². The Bertz CT molecular complexity index is 571. The number of benzene rings is 1. The van der Waals surface area contributed by atoms with Gasteiger partial charge in [-0.15, -0.1) is 5.10 Å². The molecule has 0 saturated heterocycles. The van der Waals surface area contributed by atoms with E-state index in [0.717, 1.165) is 11.0 Å². The first-order valence-electron chi connectivity index (χ1n) is 5.12. The van der Waals surface area contributed by atoms with Crippen LogP contribution in [0.4, 0.5) is 0 Å². The van der Waals surface area contributed by atoms with Gasteiger partial charge >= 0.3 is 0 Å². The number of nitrogens with zero attached hydrogens (tertiary/aromatic N) is 4. The smallest absolute Gasteiger partial charge is 0.163 e. The van der Waals surface area contributed by atoms with Crippen molar-refractivity contribution in [3.8, 4) is 17.6 Å². The summed E-state index contributed by atoms with van der Waals surface area (Å²) in [6.07, 6.45) is 0.396. The molecule has 88 valence electrons. The van der Waals surface area contributed by atoms with Gasteiger partial charge in [-0.2, -0.15) is 5.26 Å². The van der Waals surface area contributed by atoms with Gasteiger partial charge in [0.05, 0.1) is 38.8 Å². The van der Waals surface area contributed by atoms with Crippen molar-refractivity contribution in [3.63, 3.8) is 0 Å². The number of hydrogen-bond donors (Lipinski definition) is 0. The highest BCUT2D eigenvalue weighted by molar-refractivity contribution is 5.79. The van der Waals surface area contributed by atoms with Gasteiger partial charge in [0.15, 0.2) is 11.5 Å². The molecular weight excluding hydrogens is 220 g/mol. The number of rotatable bonds is 4. The molecule has 0 amide bonds. The highest BCUT2D eigenvalue weighted by atomic mass is 16.5. The molecule has 6 nitrogen and oxygen atoms in total. The van der Waals surface area contributed by atoms with E-state index >= 15 is 0 Å². The molecule has 1 aromatic heterocycles. The van der Waals surface area contributed by atoms with E-state index in [0.29, 0.717) is 24.5 Å². The fourth-order valence-corrected chi connectivity index (χ4v) is 1.62. The second-order valence-electron chi connectivity index (χ2n) is 3.42. The molecule has 0 spiro atoms. The van der Waals surface area contributed by atoms with Gasteiger partial charge in [-0.1, -0.05) is 5.21 Å². The average Bonchev–Trinajstić information content (AvgIpc) is 2.76. The molecule has 0 atom stereocenters. The third-order valence-corrected chi connectivity index (χ3v) is 2.45. The lowest BCUT2D eigenvalue weighted by Gasteiger charge is -2.07. The lowest BCUT2D eigenvalue weighted by Crippen LogP contribution is -1.99. The van der Waals surface area contributed by atoms with Crippen molar-refractivity contribution < 1.29 is 9.47 Å². The molecule has 1 heterocycles. The fourth-order valence-electron chi connectivity index (χ4n) is 1.62. The number of aromatic nitrogens is 3. The second-order valence-corrected chi connectivity index (χ2v) is 3.42. The van der Waals surface area contributed by atoms with E-state index in [2.05, 4.69) is 16.4 Å². The molecule has 0 bridgehead atoms. The first kappa shape index (κ1) is 11.2. The van der Waals surface area contributed by atoms with Crippen LogP contribution < -0.4 is 9.47 Å². The van der Waals surface area contributed by atoms with Crippen molar-refractivity contribution in [2.45, 2.75) is 13.0 Å². The summed E-state index contributed by atoms with van der Waals surface area (Å²) >= 11 is 0. The first-order valence-corrected chi connectivity index (χ1v) is 5.12. The lowest BCUT2D eigenvalue weighted by atomic mass is 10.2. The van der Waals surface area contributed by atoms with Gasteiger partial charge in [0.1, 0.15) is 5.52 Å². The van der Waals surface area contributed by atoms with Gasteiger partial charge in [0.25, 0.3) is 0 Å². The quantitative estimate of drug-likeness (QED) is 0.795. The number of fused-ring (bicyclic) bond motifs is 1. The monoisotopic (exact) mass is 232 g/mol. The lowest BCUT2D eigenvalue weighted by molar-refractivity contribution is 0.355. The normalized spacial score (nSPS) is 10.2. The summed E-state index contributed by atoms with van der Waals surface area (Å²) in [5, 5.41) is 16.6. The Hall–Kier alpha value is -2.29. The Morgan fingerprint density at radius 2 is 2.00 bits per heavy atom. The first-order chi connectivity index (χ1) is 8.30. The van der Waals surface area contributed by atoms with Crippen LogP contribution in [0.25, 0.3) is 11.0 Å². The largest absolute Gasteiger partial charge is 0.493 e. The van der Waals surface area contributed by atoms with Crippen LogP contribution in [0, 0.1) is 11.3 Å². The van der Waals surface area contributed by atoms with Crippen molar-refractivity contribution in [1.82, 2.24) is 15.0 Å². The van der Waals surface area contributed by atoms with E-state index in [-0.39, 0.29) is 0 Å². The third-order valence-electron chi connectivity index (χ3n) is 2.45. The molecule has 1 aromatic carbocycles. The van der Waals surface area contributed by atoms with E-state index in [1.54, 1.807) is 25.0 Å². The molecule has 0 aliphatic rings. The zero-order valence-electron chi connectivity index (χ0n) is 9.67. The number of ether oxygens (including phenoxy) is 2. The van der Waals surface area contributed by atoms with Gasteiger partial charge in [-0.3, -0.25) is 0 Å². The van der Waals surface area contributed by atoms with Crippen molar-refractivity contribution in [2.75, 3.05) is 14.2 Å². The molecule has 0 aliphatic carbocycles. The maximum Gasteiger partial charge on any atom is 0.163 e. The number of methoxy groups -OCH3 is 2. The Kier molecular flexibility index (Phi) is 3.10.